The number of carbonyl (C=O) groups is 1. The molecule has 0 N–H and O–H groups in total. The molecule has 1 fully saturated rings. The number of carbonyl (C=O) groups excluding carboxylic acids is 1. The summed E-state index contributed by atoms with van der Waals surface area (Å²) in [5, 5.41) is 0. The molecule has 76 valence electrons. The Morgan fingerprint density at radius 3 is 2.77 bits per heavy atom. The minimum Gasteiger partial charge on any atom is -0.466 e. The van der Waals surface area contributed by atoms with Gasteiger partial charge in [0.25, 0.3) is 0 Å². The van der Waals surface area contributed by atoms with Gasteiger partial charge in [-0.15, -0.1) is 0 Å². The Morgan fingerprint density at radius 1 is 1.46 bits per heavy atom. The van der Waals surface area contributed by atoms with E-state index in [2.05, 4.69) is 11.8 Å². The van der Waals surface area contributed by atoms with Crippen molar-refractivity contribution >= 4 is 5.97 Å². The topological polar surface area (TPSA) is 29.5 Å². The fourth-order valence-electron chi connectivity index (χ4n) is 1.26. The Labute approximate surface area is 80.1 Å². The van der Waals surface area contributed by atoms with Crippen molar-refractivity contribution in [1.29, 1.82) is 0 Å². The first kappa shape index (κ1) is 10.5. The molecule has 0 aromatic carbocycles. The second-order valence-corrected chi connectivity index (χ2v) is 3.52. The molecule has 0 aromatic rings. The van der Waals surface area contributed by atoms with Crippen LogP contribution in [0.25, 0.3) is 0 Å². The van der Waals surface area contributed by atoms with Crippen LogP contribution in [0.5, 0.6) is 0 Å². The van der Waals surface area contributed by atoms with E-state index < -0.39 is 0 Å². The van der Waals surface area contributed by atoms with Crippen molar-refractivity contribution in [3.8, 4) is 0 Å². The van der Waals surface area contributed by atoms with Crippen LogP contribution < -0.4 is 0 Å². The molecule has 1 rings (SSSR count). The number of esters is 1. The minimum atomic E-state index is -0.0413. The molecule has 0 atom stereocenters. The highest BCUT2D eigenvalue weighted by atomic mass is 16.5. The van der Waals surface area contributed by atoms with Gasteiger partial charge in [-0.2, -0.15) is 0 Å². The standard InChI is InChI=1S/C10H19NO2/c1-2-3-9-13-10(12)5-8-11-6-4-7-11/h2-9H2,1H3. The Balaban J connectivity index is 1.90. The summed E-state index contributed by atoms with van der Waals surface area (Å²) in [5.41, 5.74) is 0. The lowest BCUT2D eigenvalue weighted by atomic mass is 10.2. The fraction of sp³-hybridized carbons (Fsp3) is 0.900. The molecule has 3 heteroatoms. The first-order valence-corrected chi connectivity index (χ1v) is 5.21. The number of hydrogen-bond donors (Lipinski definition) is 0. The molecule has 0 spiro atoms. The van der Waals surface area contributed by atoms with Gasteiger partial charge in [0.1, 0.15) is 0 Å². The summed E-state index contributed by atoms with van der Waals surface area (Å²) in [7, 11) is 0. The summed E-state index contributed by atoms with van der Waals surface area (Å²) >= 11 is 0. The van der Waals surface area contributed by atoms with Crippen LogP contribution in [0.3, 0.4) is 0 Å². The van der Waals surface area contributed by atoms with E-state index in [9.17, 15) is 4.79 Å². The van der Waals surface area contributed by atoms with Crippen LogP contribution in [0, 0.1) is 0 Å². The lowest BCUT2D eigenvalue weighted by Crippen LogP contribution is -2.38. The molecule has 0 radical (unpaired) electrons. The molecule has 0 amide bonds. The zero-order chi connectivity index (χ0) is 9.52. The molecule has 1 saturated heterocycles. The van der Waals surface area contributed by atoms with Crippen molar-refractivity contribution in [2.24, 2.45) is 0 Å². The lowest BCUT2D eigenvalue weighted by Gasteiger charge is -2.30. The average Bonchev–Trinajstić information content (AvgIpc) is 2.02. The molecule has 13 heavy (non-hydrogen) atoms. The Morgan fingerprint density at radius 2 is 2.23 bits per heavy atom. The predicted molar refractivity (Wildman–Crippen MR) is 51.5 cm³/mol. The van der Waals surface area contributed by atoms with Crippen molar-refractivity contribution in [3.05, 3.63) is 0 Å². The first-order valence-electron chi connectivity index (χ1n) is 5.21. The highest BCUT2D eigenvalue weighted by molar-refractivity contribution is 5.69. The van der Waals surface area contributed by atoms with Gasteiger partial charge in [-0.25, -0.2) is 0 Å². The Kier molecular flexibility index (Phi) is 4.83. The van der Waals surface area contributed by atoms with E-state index in [1.165, 1.54) is 6.42 Å². The van der Waals surface area contributed by atoms with Gasteiger partial charge in [-0.05, 0) is 25.9 Å². The van der Waals surface area contributed by atoms with E-state index in [1.807, 2.05) is 0 Å². The zero-order valence-electron chi connectivity index (χ0n) is 8.42. The van der Waals surface area contributed by atoms with Crippen molar-refractivity contribution in [1.82, 2.24) is 4.90 Å². The summed E-state index contributed by atoms with van der Waals surface area (Å²) in [6.45, 7) is 5.87. The molecule has 1 aliphatic heterocycles. The number of hydrogen-bond acceptors (Lipinski definition) is 3. The SMILES string of the molecule is CCCCOC(=O)CCN1CCC1. The maximum absolute atomic E-state index is 11.1. The van der Waals surface area contributed by atoms with Crippen molar-refractivity contribution in [3.63, 3.8) is 0 Å². The number of rotatable bonds is 6. The first-order chi connectivity index (χ1) is 6.33. The molecular weight excluding hydrogens is 166 g/mol. The lowest BCUT2D eigenvalue weighted by molar-refractivity contribution is -0.144. The van der Waals surface area contributed by atoms with E-state index in [-0.39, 0.29) is 5.97 Å². The highest BCUT2D eigenvalue weighted by Crippen LogP contribution is 2.06. The second kappa shape index (κ2) is 5.97. The van der Waals surface area contributed by atoms with E-state index >= 15 is 0 Å². The number of unbranched alkanes of at least 4 members (excludes halogenated alkanes) is 1. The zero-order valence-corrected chi connectivity index (χ0v) is 8.42. The van der Waals surface area contributed by atoms with Crippen LogP contribution in [0.4, 0.5) is 0 Å². The molecule has 0 unspecified atom stereocenters. The molecule has 3 nitrogen and oxygen atoms in total. The smallest absolute Gasteiger partial charge is 0.307 e. The molecule has 0 bridgehead atoms. The van der Waals surface area contributed by atoms with Gasteiger partial charge in [0, 0.05) is 6.54 Å². The van der Waals surface area contributed by atoms with Gasteiger partial charge in [0.2, 0.25) is 0 Å². The molecule has 1 aliphatic rings. The normalized spacial score (nSPS) is 16.7. The van der Waals surface area contributed by atoms with E-state index in [4.69, 9.17) is 4.74 Å². The summed E-state index contributed by atoms with van der Waals surface area (Å²) in [6.07, 6.45) is 3.91. The number of nitrogens with zero attached hydrogens (tertiary/aromatic N) is 1. The maximum atomic E-state index is 11.1. The largest absolute Gasteiger partial charge is 0.466 e. The minimum absolute atomic E-state index is 0.0413. The molecule has 0 aliphatic carbocycles. The van der Waals surface area contributed by atoms with Crippen molar-refractivity contribution < 1.29 is 9.53 Å². The van der Waals surface area contributed by atoms with Crippen LogP contribution in [0.15, 0.2) is 0 Å². The fourth-order valence-corrected chi connectivity index (χ4v) is 1.26. The van der Waals surface area contributed by atoms with Crippen molar-refractivity contribution in [2.75, 3.05) is 26.2 Å². The van der Waals surface area contributed by atoms with Gasteiger partial charge in [0.05, 0.1) is 13.0 Å². The molecule has 1 heterocycles. The summed E-state index contributed by atoms with van der Waals surface area (Å²) in [5.74, 6) is -0.0413. The summed E-state index contributed by atoms with van der Waals surface area (Å²) < 4.78 is 5.04. The average molecular weight is 185 g/mol. The molecular formula is C10H19NO2. The van der Waals surface area contributed by atoms with Gasteiger partial charge in [-0.3, -0.25) is 4.79 Å². The van der Waals surface area contributed by atoms with Crippen LogP contribution in [-0.2, 0) is 9.53 Å². The van der Waals surface area contributed by atoms with Crippen LogP contribution in [0.2, 0.25) is 0 Å². The summed E-state index contributed by atoms with van der Waals surface area (Å²) in [6, 6.07) is 0. The van der Waals surface area contributed by atoms with Crippen LogP contribution >= 0.6 is 0 Å². The van der Waals surface area contributed by atoms with Gasteiger partial charge in [0.15, 0.2) is 0 Å². The Bertz CT molecular complexity index is 155. The third-order valence-corrected chi connectivity index (χ3v) is 2.34. The van der Waals surface area contributed by atoms with Gasteiger partial charge < -0.3 is 9.64 Å². The Hall–Kier alpha value is -0.570. The van der Waals surface area contributed by atoms with E-state index in [0.717, 1.165) is 32.5 Å². The monoisotopic (exact) mass is 185 g/mol. The van der Waals surface area contributed by atoms with Crippen LogP contribution in [-0.4, -0.2) is 37.1 Å². The third-order valence-electron chi connectivity index (χ3n) is 2.34. The highest BCUT2D eigenvalue weighted by Gasteiger charge is 2.14. The second-order valence-electron chi connectivity index (χ2n) is 3.52. The summed E-state index contributed by atoms with van der Waals surface area (Å²) in [4.78, 5) is 13.4. The molecule has 0 saturated carbocycles. The maximum Gasteiger partial charge on any atom is 0.307 e. The van der Waals surface area contributed by atoms with Crippen molar-refractivity contribution in [2.45, 2.75) is 32.6 Å². The number of ether oxygens (including phenoxy) is 1. The van der Waals surface area contributed by atoms with Gasteiger partial charge >= 0.3 is 5.97 Å². The van der Waals surface area contributed by atoms with E-state index in [0.29, 0.717) is 13.0 Å². The van der Waals surface area contributed by atoms with E-state index in [1.54, 1.807) is 0 Å². The molecule has 0 aromatic heterocycles. The van der Waals surface area contributed by atoms with Gasteiger partial charge in [-0.1, -0.05) is 13.3 Å². The third kappa shape index (κ3) is 4.27. The quantitative estimate of drug-likeness (QED) is 0.463. The predicted octanol–water partition coefficient (Wildman–Crippen LogP) is 1.43. The van der Waals surface area contributed by atoms with Crippen LogP contribution in [0.1, 0.15) is 32.6 Å². The number of likely N-dealkylation sites (tertiary alicyclic amines) is 1.